The van der Waals surface area contributed by atoms with Crippen molar-refractivity contribution in [1.29, 1.82) is 0 Å². The number of rotatable bonds is 5. The number of aliphatic hydroxyl groups is 1. The van der Waals surface area contributed by atoms with Crippen LogP contribution in [0.2, 0.25) is 0 Å². The topological polar surface area (TPSA) is 46.5 Å². The maximum absolute atomic E-state index is 12.6. The molecule has 0 radical (unpaired) electrons. The summed E-state index contributed by atoms with van der Waals surface area (Å²) >= 11 is 0. The molecule has 3 rings (SSSR count). The number of carbonyl (C=O) groups excluding carboxylic acids is 1. The van der Waals surface area contributed by atoms with E-state index in [1.807, 2.05) is 30.3 Å². The third kappa shape index (κ3) is 3.79. The van der Waals surface area contributed by atoms with Crippen LogP contribution in [-0.4, -0.2) is 53.4 Å². The van der Waals surface area contributed by atoms with Gasteiger partial charge in [0.2, 0.25) is 0 Å². The largest absolute Gasteiger partial charge is 1.00 e. The number of esters is 1. The number of halogens is 1. The van der Waals surface area contributed by atoms with Gasteiger partial charge in [-0.25, -0.2) is 0 Å². The number of nitrogens with zero attached hydrogens (tertiary/aromatic N) is 1. The summed E-state index contributed by atoms with van der Waals surface area (Å²) < 4.78 is 6.96. The van der Waals surface area contributed by atoms with E-state index in [0.717, 1.165) is 22.9 Å². The van der Waals surface area contributed by atoms with Gasteiger partial charge in [-0.1, -0.05) is 30.3 Å². The number of aliphatic hydroxyl groups excluding tert-OH is 1. The van der Waals surface area contributed by atoms with Gasteiger partial charge in [0.25, 0.3) is 0 Å². The molecule has 2 aliphatic heterocycles. The van der Waals surface area contributed by atoms with E-state index in [0.29, 0.717) is 18.1 Å². The molecule has 3 unspecified atom stereocenters. The Morgan fingerprint density at radius 2 is 1.80 bits per heavy atom. The molecule has 0 aliphatic carbocycles. The van der Waals surface area contributed by atoms with E-state index in [2.05, 4.69) is 20.9 Å². The average molecular weight is 414 g/mol. The van der Waals surface area contributed by atoms with Crippen LogP contribution in [0.5, 0.6) is 0 Å². The molecule has 0 saturated carbocycles. The molecule has 1 aromatic rings. The van der Waals surface area contributed by atoms with Gasteiger partial charge in [0.1, 0.15) is 12.0 Å². The second-order valence-electron chi connectivity index (χ2n) is 7.88. The number of fused-ring (bicyclic) bond motifs is 2. The summed E-state index contributed by atoms with van der Waals surface area (Å²) in [5, 5.41) is 9.65. The second-order valence-corrected chi connectivity index (χ2v) is 7.88. The summed E-state index contributed by atoms with van der Waals surface area (Å²) in [7, 11) is 2.37. The van der Waals surface area contributed by atoms with Crippen molar-refractivity contribution in [2.75, 3.05) is 13.7 Å². The van der Waals surface area contributed by atoms with Crippen molar-refractivity contribution in [2.24, 2.45) is 0 Å². The van der Waals surface area contributed by atoms with Crippen LogP contribution in [-0.2, 0) is 9.53 Å². The third-order valence-electron chi connectivity index (χ3n) is 6.54. The van der Waals surface area contributed by atoms with Crippen molar-refractivity contribution >= 4 is 23.0 Å². The highest BCUT2D eigenvalue weighted by Crippen LogP contribution is 2.44. The minimum absolute atomic E-state index is 0. The zero-order valence-electron chi connectivity index (χ0n) is 16.4. The predicted molar refractivity (Wildman–Crippen MR) is 105 cm³/mol. The highest BCUT2D eigenvalue weighted by Gasteiger charge is 2.53. The molecular formula is C20H32BrNO3+2. The molecule has 2 fully saturated rings. The van der Waals surface area contributed by atoms with Crippen molar-refractivity contribution in [2.45, 2.75) is 69.7 Å². The van der Waals surface area contributed by atoms with E-state index in [4.69, 9.17) is 4.74 Å². The lowest BCUT2D eigenvalue weighted by molar-refractivity contribution is -0.968. The summed E-state index contributed by atoms with van der Waals surface area (Å²) in [6, 6.07) is 11.2. The van der Waals surface area contributed by atoms with Gasteiger partial charge in [-0.2, -0.15) is 0 Å². The Morgan fingerprint density at radius 3 is 2.28 bits per heavy atom. The molecule has 2 saturated heterocycles. The number of benzene rings is 1. The van der Waals surface area contributed by atoms with Gasteiger partial charge in [0.05, 0.1) is 31.8 Å². The molecule has 0 aromatic heterocycles. The third-order valence-corrected chi connectivity index (χ3v) is 6.54. The fraction of sp³-hybridized carbons (Fsp3) is 0.650. The fourth-order valence-corrected chi connectivity index (χ4v) is 4.82. The quantitative estimate of drug-likeness (QED) is 0.592. The summed E-state index contributed by atoms with van der Waals surface area (Å²) in [6.45, 7) is 4.39. The van der Waals surface area contributed by atoms with Crippen LogP contribution in [0.4, 0.5) is 0 Å². The van der Waals surface area contributed by atoms with Crippen molar-refractivity contribution in [3.8, 4) is 0 Å². The van der Waals surface area contributed by atoms with E-state index >= 15 is 0 Å². The molecule has 2 bridgehead atoms. The number of ether oxygens (including phenoxy) is 1. The Bertz CT molecular complexity index is 570. The first-order valence-corrected chi connectivity index (χ1v) is 9.18. The van der Waals surface area contributed by atoms with E-state index in [1.165, 1.54) is 12.8 Å². The fourth-order valence-electron chi connectivity index (χ4n) is 4.82. The van der Waals surface area contributed by atoms with Crippen molar-refractivity contribution < 1.29 is 20.5 Å². The maximum Gasteiger partial charge on any atom is 1.00 e. The molecule has 2 aliphatic rings. The average Bonchev–Trinajstić information content (AvgIpc) is 2.74. The second kappa shape index (κ2) is 8.19. The summed E-state index contributed by atoms with van der Waals surface area (Å²) in [4.78, 5) is 12.6. The molecule has 0 amide bonds. The molecule has 5 atom stereocenters. The van der Waals surface area contributed by atoms with E-state index in [9.17, 15) is 9.90 Å². The van der Waals surface area contributed by atoms with Crippen LogP contribution < -0.4 is 0 Å². The summed E-state index contributed by atoms with van der Waals surface area (Å²) in [5.74, 6) is -0.856. The molecule has 2 heterocycles. The van der Waals surface area contributed by atoms with Gasteiger partial charge in [-0.05, 0) is 19.4 Å². The van der Waals surface area contributed by atoms with Gasteiger partial charge >= 0.3 is 7.40 Å². The van der Waals surface area contributed by atoms with E-state index < -0.39 is 5.92 Å². The van der Waals surface area contributed by atoms with Gasteiger partial charge in [-0.3, -0.25) is 4.79 Å². The van der Waals surface area contributed by atoms with Crippen molar-refractivity contribution in [1.82, 2.24) is 0 Å². The van der Waals surface area contributed by atoms with Crippen LogP contribution in [0.3, 0.4) is 0 Å². The Balaban J connectivity index is 0.00000169. The van der Waals surface area contributed by atoms with Crippen LogP contribution in [0, 0.1) is 0 Å². The highest BCUT2D eigenvalue weighted by molar-refractivity contribution is 8.93. The van der Waals surface area contributed by atoms with Crippen LogP contribution in [0.1, 0.15) is 52.4 Å². The normalized spacial score (nSPS) is 32.1. The van der Waals surface area contributed by atoms with Gasteiger partial charge in [-0.15, -0.1) is 17.0 Å². The lowest BCUT2D eigenvalue weighted by atomic mass is 9.94. The molecule has 0 spiro atoms. The first-order valence-electron chi connectivity index (χ1n) is 9.18. The SMILES string of the molecule is Br.CC(C)[N+]1(C)[C@@H]2CC[C@H]1CC(OC(=O)C(CO)c1ccccc1)C2.[H+]. The van der Waals surface area contributed by atoms with Crippen LogP contribution >= 0.6 is 17.0 Å². The highest BCUT2D eigenvalue weighted by atomic mass is 79.9. The van der Waals surface area contributed by atoms with Crippen molar-refractivity contribution in [3.63, 3.8) is 0 Å². The van der Waals surface area contributed by atoms with E-state index in [1.54, 1.807) is 0 Å². The lowest BCUT2D eigenvalue weighted by Crippen LogP contribution is -2.62. The van der Waals surface area contributed by atoms with E-state index in [-0.39, 0.29) is 37.1 Å². The molecule has 1 N–H and O–H groups in total. The lowest BCUT2D eigenvalue weighted by Gasteiger charge is -2.49. The van der Waals surface area contributed by atoms with Crippen LogP contribution in [0.25, 0.3) is 0 Å². The first kappa shape index (κ1) is 20.4. The minimum Gasteiger partial charge on any atom is -0.461 e. The summed E-state index contributed by atoms with van der Waals surface area (Å²) in [5.41, 5.74) is 0.826. The first-order chi connectivity index (χ1) is 11.5. The Labute approximate surface area is 163 Å². The Morgan fingerprint density at radius 1 is 1.24 bits per heavy atom. The zero-order valence-corrected chi connectivity index (χ0v) is 17.1. The molecule has 5 heteroatoms. The van der Waals surface area contributed by atoms with Gasteiger partial charge in [0, 0.05) is 25.7 Å². The molecule has 1 aromatic carbocycles. The maximum atomic E-state index is 12.6. The number of carbonyl (C=O) groups is 1. The molecule has 25 heavy (non-hydrogen) atoms. The number of hydrogen-bond donors (Lipinski definition) is 1. The van der Waals surface area contributed by atoms with Crippen LogP contribution in [0.15, 0.2) is 30.3 Å². The number of piperidine rings is 1. The monoisotopic (exact) mass is 413 g/mol. The summed E-state index contributed by atoms with van der Waals surface area (Å²) in [6.07, 6.45) is 4.36. The number of hydrogen-bond acceptors (Lipinski definition) is 3. The molecular weight excluding hydrogens is 382 g/mol. The molecule has 140 valence electrons. The predicted octanol–water partition coefficient (Wildman–Crippen LogP) is 3.54. The Hall–Kier alpha value is -0.910. The zero-order chi connectivity index (χ0) is 17.3. The number of quaternary nitrogens is 1. The molecule has 4 nitrogen and oxygen atoms in total. The van der Waals surface area contributed by atoms with Gasteiger partial charge < -0.3 is 14.3 Å². The minimum atomic E-state index is -0.572. The smallest absolute Gasteiger partial charge is 0.461 e. The standard InChI is InChI=1S/C20H30NO3.BrH/c1-14(2)21(3)16-9-10-17(21)12-18(11-16)24-20(23)19(13-22)15-7-5-4-6-8-15;/h4-8,14,16-19,22H,9-13H2,1-3H3;1H/q+1;/p+1/t16-,17+,18?,19?,21?;. The Kier molecular flexibility index (Phi) is 6.68. The van der Waals surface area contributed by atoms with Crippen molar-refractivity contribution in [3.05, 3.63) is 35.9 Å². The van der Waals surface area contributed by atoms with Gasteiger partial charge in [0.15, 0.2) is 0 Å².